The van der Waals surface area contributed by atoms with Crippen LogP contribution in [0, 0.1) is 0 Å². The Morgan fingerprint density at radius 1 is 0.152 bits per heavy atom. The minimum absolute atomic E-state index is 1.18. The third-order valence-corrected chi connectivity index (χ3v) is 13.8. The molecule has 0 aliphatic carbocycles. The van der Waals surface area contributed by atoms with E-state index in [0.29, 0.717) is 0 Å². The highest BCUT2D eigenvalue weighted by Gasteiger charge is 2.20. The molecule has 0 amide bonds. The number of hydrogen-bond acceptors (Lipinski definition) is 0. The lowest BCUT2D eigenvalue weighted by atomic mass is 9.82. The number of fused-ring (bicyclic) bond motifs is 8. The summed E-state index contributed by atoms with van der Waals surface area (Å²) in [4.78, 5) is 0. The summed E-state index contributed by atoms with van der Waals surface area (Å²) in [5.74, 6) is 0. The molecule has 66 heavy (non-hydrogen) atoms. The van der Waals surface area contributed by atoms with Crippen molar-refractivity contribution in [1.82, 2.24) is 0 Å². The standard InChI is InChI=1S/C66H42/c1-2-16-47(17-3-1)65-58-24-8-10-26-60(58)66(61-27-11-9-25-59(61)65)64-42-53(49-19-12-18-48(38-49)51-34-32-45-30-28-43-14-4-6-22-55(43)62(45)40-51)36-37-57(64)54-21-13-20-50(39-54)52-35-33-46-31-29-44-15-5-7-23-56(44)63(46)41-52/h1-42H. The van der Waals surface area contributed by atoms with Crippen LogP contribution < -0.4 is 0 Å². The molecule has 0 saturated heterocycles. The number of benzene rings is 13. The summed E-state index contributed by atoms with van der Waals surface area (Å²) >= 11 is 0. The molecule has 0 bridgehead atoms. The minimum Gasteiger partial charge on any atom is -0.0622 e. The zero-order chi connectivity index (χ0) is 43.6. The van der Waals surface area contributed by atoms with Gasteiger partial charge in [0, 0.05) is 0 Å². The Labute approximate surface area is 384 Å². The molecule has 0 aliphatic heterocycles. The summed E-state index contributed by atoms with van der Waals surface area (Å²) in [7, 11) is 0. The van der Waals surface area contributed by atoms with Crippen LogP contribution in [0.4, 0.5) is 0 Å². The molecule has 306 valence electrons. The fourth-order valence-electron chi connectivity index (χ4n) is 10.6. The van der Waals surface area contributed by atoms with Gasteiger partial charge in [-0.2, -0.15) is 0 Å². The molecule has 0 aromatic heterocycles. The summed E-state index contributed by atoms with van der Waals surface area (Å²) in [6.45, 7) is 0. The molecule has 0 spiro atoms. The summed E-state index contributed by atoms with van der Waals surface area (Å²) in [5.41, 5.74) is 14.5. The van der Waals surface area contributed by atoms with Crippen LogP contribution in [0.3, 0.4) is 0 Å². The zero-order valence-electron chi connectivity index (χ0n) is 36.2. The average molecular weight is 835 g/mol. The van der Waals surface area contributed by atoms with Gasteiger partial charge in [-0.05, 0) is 162 Å². The maximum atomic E-state index is 2.45. The molecule has 0 aliphatic rings. The van der Waals surface area contributed by atoms with Crippen LogP contribution in [0.25, 0.3) is 131 Å². The number of hydrogen-bond donors (Lipinski definition) is 0. The first-order valence-corrected chi connectivity index (χ1v) is 22.9. The molecule has 0 heterocycles. The van der Waals surface area contributed by atoms with Crippen LogP contribution in [0.15, 0.2) is 255 Å². The molecule has 0 radical (unpaired) electrons. The van der Waals surface area contributed by atoms with Crippen LogP contribution in [-0.4, -0.2) is 0 Å². The van der Waals surface area contributed by atoms with E-state index >= 15 is 0 Å². The van der Waals surface area contributed by atoms with Crippen molar-refractivity contribution in [3.63, 3.8) is 0 Å². The maximum Gasteiger partial charge on any atom is -0.00199 e. The lowest BCUT2D eigenvalue weighted by Gasteiger charge is -2.21. The highest BCUT2D eigenvalue weighted by molar-refractivity contribution is 6.22. The van der Waals surface area contributed by atoms with Gasteiger partial charge in [-0.15, -0.1) is 0 Å². The molecule has 13 aromatic carbocycles. The van der Waals surface area contributed by atoms with E-state index in [2.05, 4.69) is 255 Å². The Morgan fingerprint density at radius 2 is 0.500 bits per heavy atom. The Hall–Kier alpha value is -8.58. The molecule has 0 N–H and O–H groups in total. The van der Waals surface area contributed by atoms with Gasteiger partial charge in [-0.1, -0.05) is 224 Å². The fraction of sp³-hybridized carbons (Fsp3) is 0. The minimum atomic E-state index is 1.18. The van der Waals surface area contributed by atoms with Gasteiger partial charge in [0.1, 0.15) is 0 Å². The molecule has 0 saturated carbocycles. The average Bonchev–Trinajstić information content (AvgIpc) is 3.40. The molecular formula is C66H42. The van der Waals surface area contributed by atoms with Gasteiger partial charge in [0.15, 0.2) is 0 Å². The van der Waals surface area contributed by atoms with Gasteiger partial charge in [0.05, 0.1) is 0 Å². The van der Waals surface area contributed by atoms with Crippen molar-refractivity contribution in [2.75, 3.05) is 0 Å². The van der Waals surface area contributed by atoms with E-state index < -0.39 is 0 Å². The van der Waals surface area contributed by atoms with E-state index in [1.807, 2.05) is 0 Å². The monoisotopic (exact) mass is 834 g/mol. The maximum absolute atomic E-state index is 2.45. The quantitative estimate of drug-likeness (QED) is 0.116. The van der Waals surface area contributed by atoms with E-state index in [0.717, 1.165) is 0 Å². The summed E-state index contributed by atoms with van der Waals surface area (Å²) in [5, 5.41) is 15.1. The van der Waals surface area contributed by atoms with Crippen LogP contribution in [-0.2, 0) is 0 Å². The van der Waals surface area contributed by atoms with Crippen molar-refractivity contribution < 1.29 is 0 Å². The summed E-state index contributed by atoms with van der Waals surface area (Å²) in [6.07, 6.45) is 0. The van der Waals surface area contributed by atoms with E-state index in [1.165, 1.54) is 131 Å². The highest BCUT2D eigenvalue weighted by Crippen LogP contribution is 2.48. The molecule has 13 aromatic rings. The lowest BCUT2D eigenvalue weighted by Crippen LogP contribution is -1.94. The molecule has 0 atom stereocenters. The van der Waals surface area contributed by atoms with Gasteiger partial charge in [0.2, 0.25) is 0 Å². The molecule has 0 fully saturated rings. The third-order valence-electron chi connectivity index (χ3n) is 13.8. The Morgan fingerprint density at radius 3 is 1.03 bits per heavy atom. The van der Waals surface area contributed by atoms with Crippen molar-refractivity contribution in [2.45, 2.75) is 0 Å². The van der Waals surface area contributed by atoms with Gasteiger partial charge in [-0.3, -0.25) is 0 Å². The predicted octanol–water partition coefficient (Wildman–Crippen LogP) is 18.6. The Bertz CT molecular complexity index is 3980. The first kappa shape index (κ1) is 37.9. The van der Waals surface area contributed by atoms with Crippen molar-refractivity contribution in [3.05, 3.63) is 255 Å². The molecular weight excluding hydrogens is 793 g/mol. The van der Waals surface area contributed by atoms with E-state index in [-0.39, 0.29) is 0 Å². The molecule has 0 heteroatoms. The first-order chi connectivity index (χ1) is 32.7. The lowest BCUT2D eigenvalue weighted by molar-refractivity contribution is 1.57. The second-order valence-corrected chi connectivity index (χ2v) is 17.6. The molecule has 0 nitrogen and oxygen atoms in total. The SMILES string of the molecule is c1ccc(-c2c3ccccc3c(-c3cc(-c4cccc(-c5ccc6ccc7ccccc7c6c5)c4)ccc3-c3cccc(-c4ccc5ccc6ccccc6c5c4)c3)c3ccccc23)cc1. The van der Waals surface area contributed by atoms with Crippen molar-refractivity contribution in [3.8, 4) is 66.8 Å². The van der Waals surface area contributed by atoms with E-state index in [9.17, 15) is 0 Å². The normalized spacial score (nSPS) is 11.6. The van der Waals surface area contributed by atoms with Crippen LogP contribution >= 0.6 is 0 Å². The van der Waals surface area contributed by atoms with Crippen molar-refractivity contribution >= 4 is 64.6 Å². The van der Waals surface area contributed by atoms with E-state index in [1.54, 1.807) is 0 Å². The van der Waals surface area contributed by atoms with Gasteiger partial charge in [-0.25, -0.2) is 0 Å². The fourth-order valence-corrected chi connectivity index (χ4v) is 10.6. The Balaban J connectivity index is 1.03. The van der Waals surface area contributed by atoms with Gasteiger partial charge >= 0.3 is 0 Å². The topological polar surface area (TPSA) is 0 Å². The zero-order valence-corrected chi connectivity index (χ0v) is 36.2. The summed E-state index contributed by atoms with van der Waals surface area (Å²) < 4.78 is 0. The third kappa shape index (κ3) is 6.38. The predicted molar refractivity (Wildman–Crippen MR) is 284 cm³/mol. The van der Waals surface area contributed by atoms with Crippen LogP contribution in [0.1, 0.15) is 0 Å². The molecule has 0 unspecified atom stereocenters. The van der Waals surface area contributed by atoms with Crippen LogP contribution in [0.5, 0.6) is 0 Å². The second-order valence-electron chi connectivity index (χ2n) is 17.6. The Kier molecular flexibility index (Phi) is 8.96. The molecule has 13 rings (SSSR count). The highest BCUT2D eigenvalue weighted by atomic mass is 14.2. The second kappa shape index (κ2) is 15.6. The van der Waals surface area contributed by atoms with Gasteiger partial charge in [0.25, 0.3) is 0 Å². The van der Waals surface area contributed by atoms with Gasteiger partial charge < -0.3 is 0 Å². The number of rotatable bonds is 6. The smallest absolute Gasteiger partial charge is 0.00199 e. The van der Waals surface area contributed by atoms with Crippen LogP contribution in [0.2, 0.25) is 0 Å². The van der Waals surface area contributed by atoms with Crippen molar-refractivity contribution in [2.24, 2.45) is 0 Å². The largest absolute Gasteiger partial charge is 0.0622 e. The van der Waals surface area contributed by atoms with Crippen molar-refractivity contribution in [1.29, 1.82) is 0 Å². The first-order valence-electron chi connectivity index (χ1n) is 22.9. The van der Waals surface area contributed by atoms with E-state index in [4.69, 9.17) is 0 Å². The summed E-state index contributed by atoms with van der Waals surface area (Å²) in [6, 6.07) is 94.4.